The molecular weight excluding hydrogens is 543 g/mol. The van der Waals surface area contributed by atoms with Crippen molar-refractivity contribution in [3.8, 4) is 0 Å². The maximum absolute atomic E-state index is 5.95. The zero-order valence-electron chi connectivity index (χ0n) is 17.9. The largest absolute Gasteiger partial charge is 0.356 e. The molecule has 9 heteroatoms. The molecule has 0 aliphatic rings. The average molecular weight is 571 g/mol. The van der Waals surface area contributed by atoms with Gasteiger partial charge in [0.1, 0.15) is 12.4 Å². The molecule has 2 N–H and O–H groups in total. The zero-order valence-corrected chi connectivity index (χ0v) is 21.8. The van der Waals surface area contributed by atoms with Gasteiger partial charge in [-0.1, -0.05) is 41.9 Å². The Morgan fingerprint density at radius 1 is 1.13 bits per heavy atom. The lowest BCUT2D eigenvalue weighted by atomic mass is 10.1. The van der Waals surface area contributed by atoms with Crippen LogP contribution in [0.1, 0.15) is 30.2 Å². The summed E-state index contributed by atoms with van der Waals surface area (Å²) in [6, 6.07) is 18.4. The Hall–Kier alpha value is -1.78. The van der Waals surface area contributed by atoms with Crippen LogP contribution in [0.3, 0.4) is 0 Å². The van der Waals surface area contributed by atoms with Crippen molar-refractivity contribution in [3.63, 3.8) is 0 Å². The molecule has 0 bridgehead atoms. The Morgan fingerprint density at radius 2 is 1.84 bits per heavy atom. The normalized spacial score (nSPS) is 12.2. The van der Waals surface area contributed by atoms with Crippen molar-refractivity contribution in [1.82, 2.24) is 25.4 Å². The lowest BCUT2D eigenvalue weighted by Gasteiger charge is -2.18. The van der Waals surface area contributed by atoms with Crippen LogP contribution < -0.4 is 10.6 Å². The van der Waals surface area contributed by atoms with E-state index in [1.165, 1.54) is 10.5 Å². The third kappa shape index (κ3) is 8.01. The first-order valence-electron chi connectivity index (χ1n) is 9.86. The number of aromatic nitrogens is 3. The Labute approximate surface area is 210 Å². The highest BCUT2D eigenvalue weighted by atomic mass is 127. The van der Waals surface area contributed by atoms with E-state index in [-0.39, 0.29) is 30.0 Å². The highest BCUT2D eigenvalue weighted by molar-refractivity contribution is 14.0. The highest BCUT2D eigenvalue weighted by Gasteiger charge is 2.09. The van der Waals surface area contributed by atoms with Crippen LogP contribution in [0.15, 0.2) is 64.5 Å². The Morgan fingerprint density at radius 3 is 2.48 bits per heavy atom. The van der Waals surface area contributed by atoms with E-state index < -0.39 is 0 Å². The molecule has 0 aliphatic carbocycles. The van der Waals surface area contributed by atoms with Crippen LogP contribution in [0, 0.1) is 6.92 Å². The maximum Gasteiger partial charge on any atom is 0.192 e. The van der Waals surface area contributed by atoms with Gasteiger partial charge in [0.15, 0.2) is 11.8 Å². The topological polar surface area (TPSA) is 67.1 Å². The molecule has 0 amide bonds. The summed E-state index contributed by atoms with van der Waals surface area (Å²) in [5, 5.41) is 16.0. The van der Waals surface area contributed by atoms with Gasteiger partial charge in [-0.25, -0.2) is 4.99 Å². The van der Waals surface area contributed by atoms with Crippen LogP contribution >= 0.6 is 47.3 Å². The van der Waals surface area contributed by atoms with Gasteiger partial charge < -0.3 is 15.2 Å². The molecule has 3 rings (SSSR count). The minimum absolute atomic E-state index is 0. The number of hydrogen-bond acceptors (Lipinski definition) is 4. The second kappa shape index (κ2) is 12.9. The third-order valence-electron chi connectivity index (χ3n) is 4.69. The second-order valence-electron chi connectivity index (χ2n) is 6.89. The van der Waals surface area contributed by atoms with Gasteiger partial charge in [-0.15, -0.1) is 45.9 Å². The zero-order chi connectivity index (χ0) is 21.3. The molecule has 6 nitrogen and oxygen atoms in total. The number of rotatable bonds is 8. The van der Waals surface area contributed by atoms with E-state index >= 15 is 0 Å². The molecule has 1 aromatic heterocycles. The highest BCUT2D eigenvalue weighted by Crippen LogP contribution is 2.19. The van der Waals surface area contributed by atoms with Crippen LogP contribution in [0.2, 0.25) is 5.02 Å². The maximum atomic E-state index is 5.95. The molecule has 0 saturated carbocycles. The fourth-order valence-electron chi connectivity index (χ4n) is 2.79. The van der Waals surface area contributed by atoms with Gasteiger partial charge in [0.25, 0.3) is 0 Å². The number of nitrogens with zero attached hydrogens (tertiary/aromatic N) is 4. The average Bonchev–Trinajstić information content (AvgIpc) is 3.08. The first kappa shape index (κ1) is 25.5. The molecule has 1 heterocycles. The summed E-state index contributed by atoms with van der Waals surface area (Å²) in [5.41, 5.74) is 1.21. The van der Waals surface area contributed by atoms with Gasteiger partial charge in [-0.05, 0) is 43.7 Å². The third-order valence-corrected chi connectivity index (χ3v) is 5.96. The molecule has 1 atom stereocenters. The molecular formula is C22H28ClIN6S. The van der Waals surface area contributed by atoms with Crippen molar-refractivity contribution in [2.75, 3.05) is 12.3 Å². The van der Waals surface area contributed by atoms with Crippen LogP contribution in [0.25, 0.3) is 0 Å². The van der Waals surface area contributed by atoms with Crippen LogP contribution in [-0.4, -0.2) is 33.0 Å². The second-order valence-corrected chi connectivity index (χ2v) is 8.50. The van der Waals surface area contributed by atoms with Crippen molar-refractivity contribution in [2.24, 2.45) is 12.0 Å². The van der Waals surface area contributed by atoms with E-state index in [4.69, 9.17) is 16.6 Å². The first-order valence-corrected chi connectivity index (χ1v) is 11.2. The van der Waals surface area contributed by atoms with Crippen molar-refractivity contribution >= 4 is 53.3 Å². The number of benzene rings is 2. The van der Waals surface area contributed by atoms with Crippen molar-refractivity contribution in [2.45, 2.75) is 31.3 Å². The number of nitrogens with one attached hydrogen (secondary N) is 2. The Kier molecular flexibility index (Phi) is 10.6. The van der Waals surface area contributed by atoms with E-state index in [9.17, 15) is 0 Å². The minimum Gasteiger partial charge on any atom is -0.356 e. The molecule has 0 saturated heterocycles. The molecule has 0 spiro atoms. The summed E-state index contributed by atoms with van der Waals surface area (Å²) >= 11 is 7.73. The van der Waals surface area contributed by atoms with E-state index in [2.05, 4.69) is 39.9 Å². The summed E-state index contributed by atoms with van der Waals surface area (Å²) in [6.07, 6.45) is 0. The summed E-state index contributed by atoms with van der Waals surface area (Å²) in [7, 11) is 1.95. The van der Waals surface area contributed by atoms with E-state index in [0.29, 0.717) is 6.54 Å². The molecule has 1 unspecified atom stereocenters. The summed E-state index contributed by atoms with van der Waals surface area (Å²) in [4.78, 5) is 5.93. The molecule has 3 aromatic rings. The van der Waals surface area contributed by atoms with E-state index in [1.807, 2.05) is 61.0 Å². The smallest absolute Gasteiger partial charge is 0.192 e. The molecule has 166 valence electrons. The predicted octanol–water partition coefficient (Wildman–Crippen LogP) is 4.98. The Balaban J connectivity index is 0.00000341. The van der Waals surface area contributed by atoms with Crippen molar-refractivity contribution in [1.29, 1.82) is 0 Å². The monoisotopic (exact) mass is 570 g/mol. The summed E-state index contributed by atoms with van der Waals surface area (Å²) in [6.45, 7) is 5.29. The van der Waals surface area contributed by atoms with Crippen LogP contribution in [-0.2, 0) is 13.6 Å². The summed E-state index contributed by atoms with van der Waals surface area (Å²) in [5.74, 6) is 3.37. The number of aryl methyl sites for hydroxylation is 1. The predicted molar refractivity (Wildman–Crippen MR) is 140 cm³/mol. The fraction of sp³-hybridized carbons (Fsp3) is 0.318. The number of aliphatic imine (C=N–C) groups is 1. The van der Waals surface area contributed by atoms with Gasteiger partial charge >= 0.3 is 0 Å². The van der Waals surface area contributed by atoms with Gasteiger partial charge in [0, 0.05) is 29.3 Å². The lowest BCUT2D eigenvalue weighted by Crippen LogP contribution is -2.40. The van der Waals surface area contributed by atoms with Crippen molar-refractivity contribution in [3.05, 3.63) is 76.8 Å². The molecule has 31 heavy (non-hydrogen) atoms. The van der Waals surface area contributed by atoms with Gasteiger partial charge in [-0.3, -0.25) is 0 Å². The van der Waals surface area contributed by atoms with Gasteiger partial charge in [0.2, 0.25) is 0 Å². The Bertz CT molecular complexity index is 962. The molecule has 2 aromatic carbocycles. The van der Waals surface area contributed by atoms with Gasteiger partial charge in [-0.2, -0.15) is 0 Å². The lowest BCUT2D eigenvalue weighted by molar-refractivity contribution is 0.682. The summed E-state index contributed by atoms with van der Waals surface area (Å²) < 4.78 is 1.96. The van der Waals surface area contributed by atoms with Crippen LogP contribution in [0.5, 0.6) is 0 Å². The van der Waals surface area contributed by atoms with Crippen molar-refractivity contribution < 1.29 is 0 Å². The van der Waals surface area contributed by atoms with Crippen LogP contribution in [0.4, 0.5) is 0 Å². The number of thioether (sulfide) groups is 1. The number of hydrogen-bond donors (Lipinski definition) is 2. The molecule has 0 fully saturated rings. The molecule has 0 radical (unpaired) electrons. The quantitative estimate of drug-likeness (QED) is 0.131. The van der Waals surface area contributed by atoms with E-state index in [0.717, 1.165) is 34.9 Å². The molecule has 0 aliphatic heterocycles. The number of guanidine groups is 1. The van der Waals surface area contributed by atoms with Gasteiger partial charge in [0.05, 0.1) is 6.04 Å². The minimum atomic E-state index is 0. The first-order chi connectivity index (χ1) is 14.5. The number of halogens is 2. The van der Waals surface area contributed by atoms with E-state index in [1.54, 1.807) is 11.8 Å². The fourth-order valence-corrected chi connectivity index (χ4v) is 3.68. The SMILES string of the molecule is Cc1nnc(CN=C(NCCSc2ccc(Cl)cc2)NC(C)c2ccccc2)n1C.I. The standard InChI is InChI=1S/C22H27ClN6S.HI/c1-16(18-7-5-4-6-8-18)26-22(25-15-21-28-27-17(2)29(21)3)24-13-14-30-20-11-9-19(23)10-12-20;/h4-12,16H,13-15H2,1-3H3,(H2,24,25,26);1H.